The molecule has 0 radical (unpaired) electrons. The summed E-state index contributed by atoms with van der Waals surface area (Å²) in [6.07, 6.45) is 4.84. The third-order valence-corrected chi connectivity index (χ3v) is 3.79. The highest BCUT2D eigenvalue weighted by Gasteiger charge is 2.11. The van der Waals surface area contributed by atoms with E-state index in [0.29, 0.717) is 6.04 Å². The molecular formula is C17H29N. The minimum Gasteiger partial charge on any atom is -0.314 e. The molecular weight excluding hydrogens is 218 g/mol. The molecule has 0 bridgehead atoms. The first-order valence-corrected chi connectivity index (χ1v) is 7.50. The van der Waals surface area contributed by atoms with Crippen LogP contribution in [0.3, 0.4) is 0 Å². The third kappa shape index (κ3) is 5.22. The lowest BCUT2D eigenvalue weighted by Crippen LogP contribution is -2.32. The van der Waals surface area contributed by atoms with Gasteiger partial charge in [-0.2, -0.15) is 0 Å². The SMILES string of the molecule is CCNC(Cc1ccc(CC)cc1)CC(C)CC. The van der Waals surface area contributed by atoms with Gasteiger partial charge in [0.05, 0.1) is 0 Å². The quantitative estimate of drug-likeness (QED) is 0.726. The van der Waals surface area contributed by atoms with E-state index in [1.165, 1.54) is 24.0 Å². The van der Waals surface area contributed by atoms with E-state index in [1.54, 1.807) is 0 Å². The van der Waals surface area contributed by atoms with Crippen molar-refractivity contribution in [2.24, 2.45) is 5.92 Å². The number of rotatable bonds is 8. The summed E-state index contributed by atoms with van der Waals surface area (Å²) in [4.78, 5) is 0. The standard InChI is InChI=1S/C17H29N/c1-5-14(4)12-17(18-7-3)13-16-10-8-15(6-2)9-11-16/h8-11,14,17-18H,5-7,12-13H2,1-4H3. The topological polar surface area (TPSA) is 12.0 Å². The molecule has 0 amide bonds. The van der Waals surface area contributed by atoms with Crippen molar-refractivity contribution in [3.8, 4) is 0 Å². The minimum atomic E-state index is 0.623. The van der Waals surface area contributed by atoms with Crippen LogP contribution in [0.5, 0.6) is 0 Å². The largest absolute Gasteiger partial charge is 0.314 e. The van der Waals surface area contributed by atoms with E-state index >= 15 is 0 Å². The lowest BCUT2D eigenvalue weighted by Gasteiger charge is -2.21. The predicted molar refractivity (Wildman–Crippen MR) is 81.1 cm³/mol. The van der Waals surface area contributed by atoms with Crippen LogP contribution in [-0.2, 0) is 12.8 Å². The molecule has 0 saturated heterocycles. The minimum absolute atomic E-state index is 0.623. The second kappa shape index (κ2) is 8.31. The second-order valence-electron chi connectivity index (χ2n) is 5.38. The molecule has 1 aromatic rings. The first-order valence-electron chi connectivity index (χ1n) is 7.50. The maximum atomic E-state index is 3.62. The molecule has 0 aromatic heterocycles. The molecule has 0 saturated carbocycles. The molecule has 1 N–H and O–H groups in total. The molecule has 1 heteroatoms. The lowest BCUT2D eigenvalue weighted by molar-refractivity contribution is 0.397. The Morgan fingerprint density at radius 2 is 1.61 bits per heavy atom. The van der Waals surface area contributed by atoms with E-state index in [2.05, 4.69) is 57.3 Å². The zero-order valence-corrected chi connectivity index (χ0v) is 12.5. The van der Waals surface area contributed by atoms with Gasteiger partial charge < -0.3 is 5.32 Å². The molecule has 1 rings (SSSR count). The number of hydrogen-bond donors (Lipinski definition) is 1. The fraction of sp³-hybridized carbons (Fsp3) is 0.647. The van der Waals surface area contributed by atoms with Gasteiger partial charge in [-0.05, 0) is 42.9 Å². The van der Waals surface area contributed by atoms with Crippen molar-refractivity contribution in [2.75, 3.05) is 6.54 Å². The van der Waals surface area contributed by atoms with E-state index in [4.69, 9.17) is 0 Å². The maximum absolute atomic E-state index is 3.62. The van der Waals surface area contributed by atoms with Crippen LogP contribution >= 0.6 is 0 Å². The summed E-state index contributed by atoms with van der Waals surface area (Å²) in [7, 11) is 0. The van der Waals surface area contributed by atoms with E-state index in [9.17, 15) is 0 Å². The van der Waals surface area contributed by atoms with Crippen molar-refractivity contribution in [3.05, 3.63) is 35.4 Å². The van der Waals surface area contributed by atoms with Gasteiger partial charge in [-0.15, -0.1) is 0 Å². The molecule has 0 aliphatic carbocycles. The predicted octanol–water partition coefficient (Wildman–Crippen LogP) is 4.21. The maximum Gasteiger partial charge on any atom is 0.0110 e. The van der Waals surface area contributed by atoms with E-state index in [0.717, 1.165) is 25.3 Å². The summed E-state index contributed by atoms with van der Waals surface area (Å²) < 4.78 is 0. The highest BCUT2D eigenvalue weighted by Crippen LogP contribution is 2.15. The monoisotopic (exact) mass is 247 g/mol. The number of aryl methyl sites for hydroxylation is 1. The molecule has 18 heavy (non-hydrogen) atoms. The second-order valence-corrected chi connectivity index (χ2v) is 5.38. The van der Waals surface area contributed by atoms with Gasteiger partial charge >= 0.3 is 0 Å². The molecule has 0 aliphatic heterocycles. The Balaban J connectivity index is 2.58. The number of nitrogens with one attached hydrogen (secondary N) is 1. The molecule has 0 heterocycles. The van der Waals surface area contributed by atoms with Gasteiger partial charge in [-0.25, -0.2) is 0 Å². The summed E-state index contributed by atoms with van der Waals surface area (Å²) in [5, 5.41) is 3.62. The molecule has 2 unspecified atom stereocenters. The Morgan fingerprint density at radius 1 is 1.00 bits per heavy atom. The highest BCUT2D eigenvalue weighted by molar-refractivity contribution is 5.23. The smallest absolute Gasteiger partial charge is 0.0110 e. The fourth-order valence-electron chi connectivity index (χ4n) is 2.38. The van der Waals surface area contributed by atoms with Crippen molar-refractivity contribution in [3.63, 3.8) is 0 Å². The van der Waals surface area contributed by atoms with Crippen LogP contribution in [0, 0.1) is 5.92 Å². The van der Waals surface area contributed by atoms with Gasteiger partial charge in [0.15, 0.2) is 0 Å². The van der Waals surface area contributed by atoms with Crippen molar-refractivity contribution in [2.45, 2.75) is 59.4 Å². The zero-order valence-electron chi connectivity index (χ0n) is 12.5. The van der Waals surface area contributed by atoms with Crippen LogP contribution in [0.2, 0.25) is 0 Å². The third-order valence-electron chi connectivity index (χ3n) is 3.79. The molecule has 0 aliphatic rings. The van der Waals surface area contributed by atoms with E-state index < -0.39 is 0 Å². The van der Waals surface area contributed by atoms with Crippen LogP contribution in [0.1, 0.15) is 51.7 Å². The average molecular weight is 247 g/mol. The van der Waals surface area contributed by atoms with Crippen LogP contribution < -0.4 is 5.32 Å². The fourth-order valence-corrected chi connectivity index (χ4v) is 2.38. The Morgan fingerprint density at radius 3 is 2.11 bits per heavy atom. The van der Waals surface area contributed by atoms with Crippen LogP contribution in [-0.4, -0.2) is 12.6 Å². The molecule has 0 fully saturated rings. The number of likely N-dealkylation sites (N-methyl/N-ethyl adjacent to an activating group) is 1. The van der Waals surface area contributed by atoms with Gasteiger partial charge in [-0.3, -0.25) is 0 Å². The van der Waals surface area contributed by atoms with Crippen molar-refractivity contribution >= 4 is 0 Å². The van der Waals surface area contributed by atoms with Gasteiger partial charge in [0.1, 0.15) is 0 Å². The van der Waals surface area contributed by atoms with Crippen molar-refractivity contribution < 1.29 is 0 Å². The van der Waals surface area contributed by atoms with E-state index in [1.807, 2.05) is 0 Å². The Kier molecular flexibility index (Phi) is 7.04. The summed E-state index contributed by atoms with van der Waals surface area (Å²) in [6.45, 7) is 10.1. The first-order chi connectivity index (χ1) is 8.69. The first kappa shape index (κ1) is 15.2. The number of benzene rings is 1. The van der Waals surface area contributed by atoms with Crippen LogP contribution in [0.4, 0.5) is 0 Å². The van der Waals surface area contributed by atoms with E-state index in [-0.39, 0.29) is 0 Å². The summed E-state index contributed by atoms with van der Waals surface area (Å²) in [5.41, 5.74) is 2.89. The zero-order chi connectivity index (χ0) is 13.4. The molecule has 1 nitrogen and oxygen atoms in total. The van der Waals surface area contributed by atoms with Gasteiger partial charge in [0.2, 0.25) is 0 Å². The number of hydrogen-bond acceptors (Lipinski definition) is 1. The average Bonchev–Trinajstić information content (AvgIpc) is 2.39. The Labute approximate surface area is 113 Å². The summed E-state index contributed by atoms with van der Waals surface area (Å²) in [5.74, 6) is 0.809. The lowest BCUT2D eigenvalue weighted by atomic mass is 9.94. The Bertz CT molecular complexity index is 315. The molecule has 0 spiro atoms. The normalized spacial score (nSPS) is 14.4. The van der Waals surface area contributed by atoms with Gasteiger partial charge in [0, 0.05) is 6.04 Å². The Hall–Kier alpha value is -0.820. The van der Waals surface area contributed by atoms with Crippen LogP contribution in [0.25, 0.3) is 0 Å². The van der Waals surface area contributed by atoms with Crippen LogP contribution in [0.15, 0.2) is 24.3 Å². The molecule has 102 valence electrons. The molecule has 2 atom stereocenters. The van der Waals surface area contributed by atoms with Crippen molar-refractivity contribution in [1.82, 2.24) is 5.32 Å². The summed E-state index contributed by atoms with van der Waals surface area (Å²) >= 11 is 0. The van der Waals surface area contributed by atoms with Gasteiger partial charge in [0.25, 0.3) is 0 Å². The molecule has 1 aromatic carbocycles. The van der Waals surface area contributed by atoms with Gasteiger partial charge in [-0.1, -0.05) is 58.4 Å². The van der Waals surface area contributed by atoms with Crippen molar-refractivity contribution in [1.29, 1.82) is 0 Å². The summed E-state index contributed by atoms with van der Waals surface area (Å²) in [6, 6.07) is 9.74. The highest BCUT2D eigenvalue weighted by atomic mass is 14.9.